The molecular weight excluding hydrogens is 272 g/mol. The van der Waals surface area contributed by atoms with Gasteiger partial charge in [0, 0.05) is 17.4 Å². The van der Waals surface area contributed by atoms with Crippen LogP contribution in [0.2, 0.25) is 0 Å². The Morgan fingerprint density at radius 2 is 1.76 bits per heavy atom. The molecule has 21 heavy (non-hydrogen) atoms. The third kappa shape index (κ3) is 3.30. The van der Waals surface area contributed by atoms with Crippen LogP contribution in [0.25, 0.3) is 0 Å². The number of carbonyl (C=O) groups is 3. The van der Waals surface area contributed by atoms with Gasteiger partial charge in [0.2, 0.25) is 0 Å². The molecule has 0 spiro atoms. The van der Waals surface area contributed by atoms with Crippen LogP contribution in [0.5, 0.6) is 0 Å². The molecular formula is C15H12N2O4. The van der Waals surface area contributed by atoms with E-state index >= 15 is 0 Å². The predicted molar refractivity (Wildman–Crippen MR) is 75.6 cm³/mol. The zero-order valence-electron chi connectivity index (χ0n) is 11.2. The van der Waals surface area contributed by atoms with Gasteiger partial charge in [0.05, 0.1) is 5.56 Å². The van der Waals surface area contributed by atoms with Gasteiger partial charge in [-0.2, -0.15) is 0 Å². The van der Waals surface area contributed by atoms with Crippen LogP contribution in [0.1, 0.15) is 38.1 Å². The number of nitrogens with one attached hydrogen (secondary N) is 1. The fourth-order valence-electron chi connectivity index (χ4n) is 1.74. The number of hydrogen-bond acceptors (Lipinski definition) is 4. The lowest BCUT2D eigenvalue weighted by Crippen LogP contribution is -2.18. The molecule has 0 bridgehead atoms. The highest BCUT2D eigenvalue weighted by molar-refractivity contribution is 6.09. The van der Waals surface area contributed by atoms with Crippen LogP contribution >= 0.6 is 0 Å². The van der Waals surface area contributed by atoms with Gasteiger partial charge in [-0.05, 0) is 43.3 Å². The van der Waals surface area contributed by atoms with Gasteiger partial charge >= 0.3 is 5.97 Å². The third-order valence-corrected chi connectivity index (χ3v) is 2.80. The Labute approximate surface area is 120 Å². The topological polar surface area (TPSA) is 96.4 Å². The van der Waals surface area contributed by atoms with E-state index in [0.717, 1.165) is 0 Å². The lowest BCUT2D eigenvalue weighted by Gasteiger charge is -2.07. The van der Waals surface area contributed by atoms with Crippen LogP contribution < -0.4 is 5.32 Å². The van der Waals surface area contributed by atoms with E-state index in [0.29, 0.717) is 11.3 Å². The van der Waals surface area contributed by atoms with Gasteiger partial charge in [-0.25, -0.2) is 4.79 Å². The van der Waals surface area contributed by atoms with Crippen molar-refractivity contribution in [3.63, 3.8) is 0 Å². The molecule has 0 unspecified atom stereocenters. The number of pyridine rings is 1. The van der Waals surface area contributed by atoms with Gasteiger partial charge < -0.3 is 10.4 Å². The van der Waals surface area contributed by atoms with Crippen molar-refractivity contribution in [1.29, 1.82) is 0 Å². The van der Waals surface area contributed by atoms with Crippen molar-refractivity contribution in [2.24, 2.45) is 0 Å². The summed E-state index contributed by atoms with van der Waals surface area (Å²) in [5.41, 5.74) is 0.639. The number of aromatic nitrogens is 1. The molecule has 0 aliphatic carbocycles. The summed E-state index contributed by atoms with van der Waals surface area (Å²) in [6.07, 6.45) is 1.35. The van der Waals surface area contributed by atoms with Crippen molar-refractivity contribution in [3.05, 3.63) is 59.4 Å². The summed E-state index contributed by atoms with van der Waals surface area (Å²) < 4.78 is 0. The van der Waals surface area contributed by atoms with Crippen LogP contribution in [-0.2, 0) is 0 Å². The highest BCUT2D eigenvalue weighted by atomic mass is 16.4. The number of hydrogen-bond donors (Lipinski definition) is 2. The molecule has 106 valence electrons. The van der Waals surface area contributed by atoms with E-state index in [4.69, 9.17) is 5.11 Å². The van der Waals surface area contributed by atoms with Crippen LogP contribution in [0.4, 0.5) is 5.69 Å². The minimum absolute atomic E-state index is 0.0780. The van der Waals surface area contributed by atoms with Gasteiger partial charge in [-0.15, -0.1) is 0 Å². The number of carboxylic acids is 1. The predicted octanol–water partition coefficient (Wildman–Crippen LogP) is 2.23. The van der Waals surface area contributed by atoms with Crippen molar-refractivity contribution < 1.29 is 19.5 Å². The maximum atomic E-state index is 12.1. The van der Waals surface area contributed by atoms with Crippen molar-refractivity contribution in [2.75, 3.05) is 5.32 Å². The molecule has 0 radical (unpaired) electrons. The van der Waals surface area contributed by atoms with Gasteiger partial charge in [-0.1, -0.05) is 0 Å². The maximum Gasteiger partial charge on any atom is 0.338 e. The molecule has 2 aromatic rings. The van der Waals surface area contributed by atoms with Crippen molar-refractivity contribution in [2.45, 2.75) is 6.92 Å². The highest BCUT2D eigenvalue weighted by Crippen LogP contribution is 2.13. The van der Waals surface area contributed by atoms with E-state index in [-0.39, 0.29) is 17.0 Å². The largest absolute Gasteiger partial charge is 0.478 e. The van der Waals surface area contributed by atoms with Gasteiger partial charge in [0.15, 0.2) is 5.78 Å². The molecule has 1 heterocycles. The maximum absolute atomic E-state index is 12.1. The number of ketones is 1. The summed E-state index contributed by atoms with van der Waals surface area (Å²) in [7, 11) is 0. The summed E-state index contributed by atoms with van der Waals surface area (Å²) >= 11 is 0. The smallest absolute Gasteiger partial charge is 0.338 e. The lowest BCUT2D eigenvalue weighted by molar-refractivity contribution is 0.0691. The summed E-state index contributed by atoms with van der Waals surface area (Å²) in [4.78, 5) is 38.0. The summed E-state index contributed by atoms with van der Waals surface area (Å²) in [6.45, 7) is 1.45. The van der Waals surface area contributed by atoms with E-state index in [1.165, 1.54) is 25.3 Å². The van der Waals surface area contributed by atoms with E-state index in [2.05, 4.69) is 10.3 Å². The van der Waals surface area contributed by atoms with Crippen LogP contribution in [0.15, 0.2) is 42.6 Å². The number of carbonyl (C=O) groups excluding carboxylic acids is 2. The van der Waals surface area contributed by atoms with Gasteiger partial charge in [0.1, 0.15) is 5.69 Å². The molecule has 0 aliphatic heterocycles. The number of aromatic carboxylic acids is 1. The Hall–Kier alpha value is -3.02. The molecule has 0 saturated carbocycles. The first-order valence-electron chi connectivity index (χ1n) is 6.09. The fraction of sp³-hybridized carbons (Fsp3) is 0.0667. The second kappa shape index (κ2) is 5.96. The molecule has 0 aliphatic rings. The quantitative estimate of drug-likeness (QED) is 0.839. The third-order valence-electron chi connectivity index (χ3n) is 2.80. The number of Topliss-reactive ketones (excluding diaryl/α,β-unsaturated/α-hetero) is 1. The van der Waals surface area contributed by atoms with Crippen molar-refractivity contribution in [3.8, 4) is 0 Å². The average molecular weight is 284 g/mol. The Balaban J connectivity index is 2.22. The minimum atomic E-state index is -1.22. The molecule has 6 nitrogen and oxygen atoms in total. The van der Waals surface area contributed by atoms with Crippen LogP contribution in [0, 0.1) is 0 Å². The zero-order valence-corrected chi connectivity index (χ0v) is 11.2. The molecule has 2 N–H and O–H groups in total. The molecule has 2 rings (SSSR count). The molecule has 0 atom stereocenters. The second-order valence-electron chi connectivity index (χ2n) is 4.29. The Morgan fingerprint density at radius 3 is 2.33 bits per heavy atom. The molecule has 6 heteroatoms. The summed E-state index contributed by atoms with van der Waals surface area (Å²) in [6, 6.07) is 9.05. The van der Waals surface area contributed by atoms with E-state index in [1.807, 2.05) is 0 Å². The standard InChI is InChI=1S/C15H12N2O4/c1-9(18)10-4-6-11(7-5-10)17-14(19)13-12(15(20)21)3-2-8-16-13/h2-8H,1H3,(H,17,19)(H,20,21). The first-order chi connectivity index (χ1) is 9.99. The molecule has 1 aromatic carbocycles. The van der Waals surface area contributed by atoms with Crippen LogP contribution in [0.3, 0.4) is 0 Å². The highest BCUT2D eigenvalue weighted by Gasteiger charge is 2.17. The number of anilines is 1. The molecule has 0 saturated heterocycles. The van der Waals surface area contributed by atoms with Gasteiger partial charge in [0.25, 0.3) is 5.91 Å². The molecule has 1 aromatic heterocycles. The number of rotatable bonds is 4. The Bertz CT molecular complexity index is 708. The summed E-state index contributed by atoms with van der Waals surface area (Å²) in [5, 5.41) is 11.6. The average Bonchev–Trinajstić information content (AvgIpc) is 2.47. The van der Waals surface area contributed by atoms with E-state index in [9.17, 15) is 14.4 Å². The van der Waals surface area contributed by atoms with Crippen molar-refractivity contribution >= 4 is 23.3 Å². The van der Waals surface area contributed by atoms with Gasteiger partial charge in [-0.3, -0.25) is 14.6 Å². The number of carboxylic acid groups (broad SMARTS) is 1. The first kappa shape index (κ1) is 14.4. The fourth-order valence-corrected chi connectivity index (χ4v) is 1.74. The molecule has 1 amide bonds. The van der Waals surface area contributed by atoms with E-state index in [1.54, 1.807) is 24.3 Å². The number of nitrogens with zero attached hydrogens (tertiary/aromatic N) is 1. The Morgan fingerprint density at radius 1 is 1.10 bits per heavy atom. The van der Waals surface area contributed by atoms with E-state index < -0.39 is 11.9 Å². The first-order valence-corrected chi connectivity index (χ1v) is 6.09. The SMILES string of the molecule is CC(=O)c1ccc(NC(=O)c2ncccc2C(=O)O)cc1. The monoisotopic (exact) mass is 284 g/mol. The van der Waals surface area contributed by atoms with Crippen LogP contribution in [-0.4, -0.2) is 27.8 Å². The zero-order chi connectivity index (χ0) is 15.4. The molecule has 0 fully saturated rings. The summed E-state index contributed by atoms with van der Waals surface area (Å²) in [5.74, 6) is -1.92. The normalized spacial score (nSPS) is 9.95. The Kier molecular flexibility index (Phi) is 4.08. The second-order valence-corrected chi connectivity index (χ2v) is 4.29. The lowest BCUT2D eigenvalue weighted by atomic mass is 10.1. The number of benzene rings is 1. The minimum Gasteiger partial charge on any atom is -0.478 e. The van der Waals surface area contributed by atoms with Crippen molar-refractivity contribution in [1.82, 2.24) is 4.98 Å². The number of amides is 1.